The van der Waals surface area contributed by atoms with Crippen LogP contribution in [-0.4, -0.2) is 18.3 Å². The minimum Gasteiger partial charge on any atom is -0.314 e. The number of hydrogen-bond acceptors (Lipinski definition) is 2. The van der Waals surface area contributed by atoms with Gasteiger partial charge in [0.2, 0.25) is 0 Å². The zero-order valence-electron chi connectivity index (χ0n) is 9.42. The highest BCUT2D eigenvalue weighted by Gasteiger charge is 2.19. The predicted octanol–water partition coefficient (Wildman–Crippen LogP) is 3.72. The zero-order valence-corrected chi connectivity index (χ0v) is 11.0. The van der Waals surface area contributed by atoms with Gasteiger partial charge in [-0.1, -0.05) is 23.7 Å². The van der Waals surface area contributed by atoms with E-state index < -0.39 is 0 Å². The highest BCUT2D eigenvalue weighted by Crippen LogP contribution is 2.19. The summed E-state index contributed by atoms with van der Waals surface area (Å²) in [5.41, 5.74) is 1.37. The van der Waals surface area contributed by atoms with Gasteiger partial charge in [-0.05, 0) is 49.3 Å². The molecule has 0 saturated heterocycles. The smallest absolute Gasteiger partial charge is 0.0406 e. The minimum absolute atomic E-state index is 0.822. The molecule has 0 aromatic heterocycles. The Morgan fingerprint density at radius 3 is 2.69 bits per heavy atom. The maximum atomic E-state index is 5.83. The quantitative estimate of drug-likeness (QED) is 0.746. The third kappa shape index (κ3) is 4.77. The first kappa shape index (κ1) is 12.3. The Hall–Kier alpha value is -0.180. The van der Waals surface area contributed by atoms with E-state index in [1.54, 1.807) is 0 Å². The third-order valence-corrected chi connectivity index (χ3v) is 4.02. The lowest BCUT2D eigenvalue weighted by atomic mass is 10.2. The molecule has 0 atom stereocenters. The van der Waals surface area contributed by atoms with Crippen molar-refractivity contribution in [1.82, 2.24) is 5.32 Å². The van der Waals surface area contributed by atoms with Crippen LogP contribution in [0.2, 0.25) is 5.02 Å². The molecule has 0 spiro atoms. The molecule has 0 amide bonds. The molecule has 0 heterocycles. The van der Waals surface area contributed by atoms with Crippen molar-refractivity contribution in [2.45, 2.75) is 31.1 Å². The maximum absolute atomic E-state index is 5.83. The third-order valence-electron chi connectivity index (χ3n) is 2.66. The molecule has 1 nitrogen and oxygen atoms in total. The van der Waals surface area contributed by atoms with E-state index in [-0.39, 0.29) is 0 Å². The van der Waals surface area contributed by atoms with Gasteiger partial charge in [-0.2, -0.15) is 11.8 Å². The minimum atomic E-state index is 0.822. The summed E-state index contributed by atoms with van der Waals surface area (Å²) in [5, 5.41) is 4.35. The number of benzene rings is 1. The Balaban J connectivity index is 1.51. The van der Waals surface area contributed by atoms with Crippen LogP contribution in [-0.2, 0) is 5.75 Å². The van der Waals surface area contributed by atoms with Gasteiger partial charge in [-0.15, -0.1) is 0 Å². The van der Waals surface area contributed by atoms with E-state index in [9.17, 15) is 0 Å². The topological polar surface area (TPSA) is 12.0 Å². The fourth-order valence-corrected chi connectivity index (χ4v) is 2.59. The van der Waals surface area contributed by atoms with Gasteiger partial charge in [0.1, 0.15) is 0 Å². The second-order valence-electron chi connectivity index (χ2n) is 4.26. The molecular formula is C13H18ClNS. The lowest BCUT2D eigenvalue weighted by Crippen LogP contribution is -2.17. The second kappa shape index (κ2) is 6.53. The molecule has 0 aliphatic heterocycles. The first-order valence-electron chi connectivity index (χ1n) is 5.90. The Morgan fingerprint density at radius 2 is 2.00 bits per heavy atom. The number of halogens is 1. The Labute approximate surface area is 107 Å². The molecule has 1 aliphatic rings. The van der Waals surface area contributed by atoms with Crippen molar-refractivity contribution < 1.29 is 0 Å². The average molecular weight is 256 g/mol. The molecule has 2 rings (SSSR count). The van der Waals surface area contributed by atoms with Crippen molar-refractivity contribution in [3.05, 3.63) is 34.9 Å². The van der Waals surface area contributed by atoms with Crippen molar-refractivity contribution in [2.75, 3.05) is 12.3 Å². The average Bonchev–Trinajstić information content (AvgIpc) is 3.10. The summed E-state index contributed by atoms with van der Waals surface area (Å²) in [5.74, 6) is 2.34. The zero-order chi connectivity index (χ0) is 11.2. The fraction of sp³-hybridized carbons (Fsp3) is 0.538. The summed E-state index contributed by atoms with van der Waals surface area (Å²) < 4.78 is 0. The van der Waals surface area contributed by atoms with Crippen LogP contribution in [0.3, 0.4) is 0 Å². The predicted molar refractivity (Wildman–Crippen MR) is 73.3 cm³/mol. The monoisotopic (exact) mass is 255 g/mol. The number of hydrogen-bond donors (Lipinski definition) is 1. The number of rotatable bonds is 7. The molecule has 3 heteroatoms. The second-order valence-corrected chi connectivity index (χ2v) is 5.80. The van der Waals surface area contributed by atoms with E-state index in [0.717, 1.165) is 16.8 Å². The lowest BCUT2D eigenvalue weighted by Gasteiger charge is -2.03. The van der Waals surface area contributed by atoms with Gasteiger partial charge < -0.3 is 5.32 Å². The van der Waals surface area contributed by atoms with E-state index in [1.165, 1.54) is 37.1 Å². The van der Waals surface area contributed by atoms with Gasteiger partial charge >= 0.3 is 0 Å². The van der Waals surface area contributed by atoms with Crippen LogP contribution in [0.15, 0.2) is 24.3 Å². The Kier molecular flexibility index (Phi) is 5.01. The molecule has 16 heavy (non-hydrogen) atoms. The number of nitrogens with one attached hydrogen (secondary N) is 1. The molecular weight excluding hydrogens is 238 g/mol. The molecule has 1 aromatic rings. The van der Waals surface area contributed by atoms with Crippen LogP contribution < -0.4 is 5.32 Å². The number of thioether (sulfide) groups is 1. The van der Waals surface area contributed by atoms with E-state index >= 15 is 0 Å². The Morgan fingerprint density at radius 1 is 1.25 bits per heavy atom. The molecule has 1 fully saturated rings. The standard InChI is InChI=1S/C13H18ClNS/c14-12-4-2-11(3-5-12)10-16-9-1-8-15-13-6-7-13/h2-5,13,15H,1,6-10H2. The molecule has 1 aromatic carbocycles. The lowest BCUT2D eigenvalue weighted by molar-refractivity contribution is 0.674. The van der Waals surface area contributed by atoms with Crippen molar-refractivity contribution in [2.24, 2.45) is 0 Å². The van der Waals surface area contributed by atoms with Crippen LogP contribution in [0.4, 0.5) is 0 Å². The summed E-state index contributed by atoms with van der Waals surface area (Å²) in [6, 6.07) is 8.99. The van der Waals surface area contributed by atoms with E-state index in [4.69, 9.17) is 11.6 Å². The molecule has 1 N–H and O–H groups in total. The van der Waals surface area contributed by atoms with Gasteiger partial charge in [0.05, 0.1) is 0 Å². The van der Waals surface area contributed by atoms with Crippen molar-refractivity contribution in [3.63, 3.8) is 0 Å². The van der Waals surface area contributed by atoms with Crippen LogP contribution in [0.5, 0.6) is 0 Å². The molecule has 1 saturated carbocycles. The molecule has 0 unspecified atom stereocenters. The molecule has 1 aliphatic carbocycles. The van der Waals surface area contributed by atoms with E-state index in [0.29, 0.717) is 0 Å². The largest absolute Gasteiger partial charge is 0.314 e. The van der Waals surface area contributed by atoms with Gasteiger partial charge in [-0.25, -0.2) is 0 Å². The summed E-state index contributed by atoms with van der Waals surface area (Å²) in [7, 11) is 0. The first-order chi connectivity index (χ1) is 7.84. The summed E-state index contributed by atoms with van der Waals surface area (Å²) >= 11 is 7.84. The molecule has 0 bridgehead atoms. The van der Waals surface area contributed by atoms with Crippen LogP contribution in [0.25, 0.3) is 0 Å². The first-order valence-corrected chi connectivity index (χ1v) is 7.43. The van der Waals surface area contributed by atoms with Crippen molar-refractivity contribution in [3.8, 4) is 0 Å². The Bertz CT molecular complexity index is 308. The van der Waals surface area contributed by atoms with E-state index in [2.05, 4.69) is 17.4 Å². The van der Waals surface area contributed by atoms with Gasteiger partial charge in [0.15, 0.2) is 0 Å². The van der Waals surface area contributed by atoms with Crippen LogP contribution in [0.1, 0.15) is 24.8 Å². The van der Waals surface area contributed by atoms with Crippen molar-refractivity contribution >= 4 is 23.4 Å². The SMILES string of the molecule is Clc1ccc(CSCCCNC2CC2)cc1. The highest BCUT2D eigenvalue weighted by atomic mass is 35.5. The van der Waals surface area contributed by atoms with Gasteiger partial charge in [-0.3, -0.25) is 0 Å². The van der Waals surface area contributed by atoms with Crippen LogP contribution >= 0.6 is 23.4 Å². The summed E-state index contributed by atoms with van der Waals surface area (Å²) in [6.07, 6.45) is 4.05. The molecule has 88 valence electrons. The van der Waals surface area contributed by atoms with Crippen LogP contribution in [0, 0.1) is 0 Å². The summed E-state index contributed by atoms with van der Waals surface area (Å²) in [6.45, 7) is 1.18. The van der Waals surface area contributed by atoms with Gasteiger partial charge in [0, 0.05) is 16.8 Å². The highest BCUT2D eigenvalue weighted by molar-refractivity contribution is 7.98. The summed E-state index contributed by atoms with van der Waals surface area (Å²) in [4.78, 5) is 0. The molecule has 0 radical (unpaired) electrons. The van der Waals surface area contributed by atoms with Crippen molar-refractivity contribution in [1.29, 1.82) is 0 Å². The normalized spacial score (nSPS) is 15.3. The fourth-order valence-electron chi connectivity index (χ4n) is 1.54. The van der Waals surface area contributed by atoms with E-state index in [1.807, 2.05) is 23.9 Å². The maximum Gasteiger partial charge on any atom is 0.0406 e. The van der Waals surface area contributed by atoms with Gasteiger partial charge in [0.25, 0.3) is 0 Å².